The van der Waals surface area contributed by atoms with Crippen molar-refractivity contribution in [2.75, 3.05) is 14.2 Å². The van der Waals surface area contributed by atoms with Crippen molar-refractivity contribution in [2.24, 2.45) is 0 Å². The molecule has 0 saturated carbocycles. The number of nitrogens with one attached hydrogen (secondary N) is 2. The van der Waals surface area contributed by atoms with Gasteiger partial charge >= 0.3 is 198 Å². The molecule has 2 N–H and O–H groups in total. The van der Waals surface area contributed by atoms with Crippen LogP contribution in [-0.2, 0) is 19.1 Å². The molecule has 0 bridgehead atoms. The molecule has 2 rings (SSSR count). The first kappa shape index (κ1) is 25.6. The molecule has 8 nitrogen and oxygen atoms in total. The van der Waals surface area contributed by atoms with E-state index in [2.05, 4.69) is 20.1 Å². The van der Waals surface area contributed by atoms with Crippen LogP contribution >= 0.6 is 0 Å². The number of carbonyl (C=O) groups is 4. The van der Waals surface area contributed by atoms with E-state index < -0.39 is 24.0 Å². The zero-order chi connectivity index (χ0) is 23.7. The van der Waals surface area contributed by atoms with Crippen LogP contribution in [0.3, 0.4) is 0 Å². The molecule has 0 aliphatic rings. The summed E-state index contributed by atoms with van der Waals surface area (Å²) in [5.41, 5.74) is 0.984. The van der Waals surface area contributed by atoms with Crippen molar-refractivity contribution >= 4 is 58.9 Å². The van der Waals surface area contributed by atoms with E-state index in [4.69, 9.17) is 0 Å². The molecular weight excluding hydrogens is 546 g/mol. The number of esters is 2. The number of hydrogen-bond donors (Lipinski definition) is 2. The molecule has 0 unspecified atom stereocenters. The van der Waals surface area contributed by atoms with E-state index in [1.54, 1.807) is 38.1 Å². The van der Waals surface area contributed by atoms with Crippen LogP contribution in [0.15, 0.2) is 48.5 Å². The number of ether oxygens (including phenoxy) is 2. The second-order valence-electron chi connectivity index (χ2n) is 6.60. The van der Waals surface area contributed by atoms with Crippen LogP contribution in [0.25, 0.3) is 0 Å². The van der Waals surface area contributed by atoms with Gasteiger partial charge in [-0.2, -0.15) is 0 Å². The van der Waals surface area contributed by atoms with E-state index >= 15 is 0 Å². The van der Waals surface area contributed by atoms with Crippen molar-refractivity contribution in [1.82, 2.24) is 10.6 Å². The van der Waals surface area contributed by atoms with E-state index in [9.17, 15) is 19.2 Å². The fraction of sp³-hybridized carbons (Fsp3) is 0.273. The average molecular weight is 570 g/mol. The summed E-state index contributed by atoms with van der Waals surface area (Å²) in [6, 6.07) is 12.9. The maximum absolute atomic E-state index is 12.7. The number of hydrogen-bond acceptors (Lipinski definition) is 6. The van der Waals surface area contributed by atoms with Gasteiger partial charge in [0.25, 0.3) is 0 Å². The van der Waals surface area contributed by atoms with Crippen LogP contribution in [0, 0.1) is 0 Å². The molecule has 0 aromatic heterocycles. The average Bonchev–Trinajstić information content (AvgIpc) is 2.81. The summed E-state index contributed by atoms with van der Waals surface area (Å²) in [6.07, 6.45) is 0. The summed E-state index contributed by atoms with van der Waals surface area (Å²) in [7, 11) is 2.54. The van der Waals surface area contributed by atoms with Crippen molar-refractivity contribution in [3.05, 3.63) is 59.7 Å². The second kappa shape index (κ2) is 12.4. The normalized spacial score (nSPS) is 12.2. The van der Waals surface area contributed by atoms with E-state index in [-0.39, 0.29) is 38.1 Å². The molecule has 2 atom stereocenters. The summed E-state index contributed by atoms with van der Waals surface area (Å²) in [6.45, 7) is 3.12. The molecular formula is C22H24N2O6Se2. The molecule has 0 radical (unpaired) electrons. The molecule has 0 heterocycles. The molecule has 2 aromatic carbocycles. The first-order valence-electron chi connectivity index (χ1n) is 9.58. The monoisotopic (exact) mass is 572 g/mol. The van der Waals surface area contributed by atoms with Crippen LogP contribution < -0.4 is 19.6 Å². The third-order valence-electron chi connectivity index (χ3n) is 4.29. The molecule has 32 heavy (non-hydrogen) atoms. The molecule has 10 heteroatoms. The van der Waals surface area contributed by atoms with Gasteiger partial charge in [0.1, 0.15) is 0 Å². The standard InChI is InChI=1S/C22H24N2O6Se2/c1-13(21(27)29-3)23-19(25)15-9-5-7-11-17(15)31-32-18-12-8-6-10-16(18)20(26)24-14(2)22(28)30-4/h5-14H,1-4H3,(H,23,25)(H,24,26)/t13-,14-/m0/s1. The van der Waals surface area contributed by atoms with Gasteiger partial charge in [-0.25, -0.2) is 0 Å². The summed E-state index contributed by atoms with van der Waals surface area (Å²) >= 11 is -0.223. The number of rotatable bonds is 9. The Hall–Kier alpha value is -2.64. The second-order valence-corrected chi connectivity index (χ2v) is 12.8. The minimum atomic E-state index is -0.764. The fourth-order valence-electron chi connectivity index (χ4n) is 2.56. The summed E-state index contributed by atoms with van der Waals surface area (Å²) in [5.74, 6) is -1.75. The zero-order valence-corrected chi connectivity index (χ0v) is 21.5. The Balaban J connectivity index is 2.15. The molecule has 0 aliphatic heterocycles. The predicted octanol–water partition coefficient (Wildman–Crippen LogP) is -0.457. The Morgan fingerprint density at radius 2 is 1.03 bits per heavy atom. The van der Waals surface area contributed by atoms with Gasteiger partial charge in [-0.1, -0.05) is 0 Å². The number of methoxy groups -OCH3 is 2. The SMILES string of the molecule is COC(=O)[C@H](C)NC(=O)c1ccccc1[Se][Se]c1ccccc1C(=O)N[C@@H](C)C(=O)OC. The van der Waals surface area contributed by atoms with Crippen molar-refractivity contribution in [1.29, 1.82) is 0 Å². The quantitative estimate of drug-likeness (QED) is 0.312. The van der Waals surface area contributed by atoms with Crippen molar-refractivity contribution in [2.45, 2.75) is 25.9 Å². The van der Waals surface area contributed by atoms with Gasteiger partial charge in [-0.3, -0.25) is 0 Å². The molecule has 170 valence electrons. The minimum absolute atomic E-state index is 0.111. The first-order chi connectivity index (χ1) is 15.3. The Bertz CT molecular complexity index is 918. The Morgan fingerprint density at radius 3 is 1.38 bits per heavy atom. The van der Waals surface area contributed by atoms with Crippen LogP contribution in [0.5, 0.6) is 0 Å². The third kappa shape index (κ3) is 6.93. The van der Waals surface area contributed by atoms with Gasteiger partial charge in [0.05, 0.1) is 0 Å². The van der Waals surface area contributed by atoms with E-state index in [1.807, 2.05) is 24.3 Å². The van der Waals surface area contributed by atoms with E-state index in [1.165, 1.54) is 14.2 Å². The van der Waals surface area contributed by atoms with E-state index in [0.29, 0.717) is 11.1 Å². The molecule has 2 amide bonds. The molecule has 0 saturated heterocycles. The zero-order valence-electron chi connectivity index (χ0n) is 18.0. The third-order valence-corrected chi connectivity index (χ3v) is 11.5. The van der Waals surface area contributed by atoms with E-state index in [0.717, 1.165) is 8.92 Å². The van der Waals surface area contributed by atoms with Crippen LogP contribution in [0.2, 0.25) is 0 Å². The van der Waals surface area contributed by atoms with Crippen molar-refractivity contribution in [3.63, 3.8) is 0 Å². The van der Waals surface area contributed by atoms with Gasteiger partial charge in [0.2, 0.25) is 0 Å². The van der Waals surface area contributed by atoms with Gasteiger partial charge in [0.15, 0.2) is 0 Å². The Morgan fingerprint density at radius 1 is 0.688 bits per heavy atom. The van der Waals surface area contributed by atoms with Gasteiger partial charge in [0, 0.05) is 0 Å². The maximum atomic E-state index is 12.7. The molecule has 2 aromatic rings. The van der Waals surface area contributed by atoms with Gasteiger partial charge < -0.3 is 0 Å². The van der Waals surface area contributed by atoms with Crippen molar-refractivity contribution in [3.8, 4) is 0 Å². The summed E-state index contributed by atoms with van der Waals surface area (Å²) in [5, 5.41) is 5.30. The number of amides is 2. The van der Waals surface area contributed by atoms with Crippen LogP contribution in [0.4, 0.5) is 0 Å². The Kier molecular flexibility index (Phi) is 9.93. The summed E-state index contributed by atoms with van der Waals surface area (Å²) in [4.78, 5) is 48.6. The number of carbonyl (C=O) groups excluding carboxylic acids is 4. The fourth-order valence-corrected chi connectivity index (χ4v) is 9.68. The first-order valence-corrected chi connectivity index (χ1v) is 15.6. The van der Waals surface area contributed by atoms with Gasteiger partial charge in [-0.15, -0.1) is 0 Å². The topological polar surface area (TPSA) is 111 Å². The van der Waals surface area contributed by atoms with Crippen molar-refractivity contribution < 1.29 is 28.7 Å². The predicted molar refractivity (Wildman–Crippen MR) is 122 cm³/mol. The Labute approximate surface area is 197 Å². The van der Waals surface area contributed by atoms with Crippen LogP contribution in [0.1, 0.15) is 34.6 Å². The van der Waals surface area contributed by atoms with Crippen LogP contribution in [-0.4, -0.2) is 76.3 Å². The molecule has 0 fully saturated rings. The van der Waals surface area contributed by atoms with Gasteiger partial charge in [-0.05, 0) is 0 Å². The number of benzene rings is 2. The summed E-state index contributed by atoms with van der Waals surface area (Å²) < 4.78 is 11.0. The molecule has 0 aliphatic carbocycles. The molecule has 0 spiro atoms.